The van der Waals surface area contributed by atoms with E-state index in [1.54, 1.807) is 18.7 Å². The highest BCUT2D eigenvalue weighted by atomic mass is 16.7. The van der Waals surface area contributed by atoms with Gasteiger partial charge in [0.2, 0.25) is 0 Å². The lowest BCUT2D eigenvalue weighted by molar-refractivity contribution is -0.154. The third-order valence-electron chi connectivity index (χ3n) is 7.13. The number of benzene rings is 3. The van der Waals surface area contributed by atoms with Crippen LogP contribution in [0.15, 0.2) is 65.8 Å². The molecular weight excluding hydrogens is 450 g/mol. The van der Waals surface area contributed by atoms with Crippen LogP contribution in [0.1, 0.15) is 54.7 Å². The first kappa shape index (κ1) is 25.3. The standard InChI is InChI=1S/C30H33N3O3/c1-8-33-26-15-13-21(20(3)31-36-29(35)30(4,5)32(6)7)17-24(26)25-18-22(14-16-27(25)33)28(34)23-12-10-9-11-19(23)2/h9-18H,8H2,1-7H3. The smallest absolute Gasteiger partial charge is 0.341 e. The van der Waals surface area contributed by atoms with Gasteiger partial charge in [0.05, 0.1) is 5.71 Å². The molecule has 0 aliphatic carbocycles. The molecule has 0 N–H and O–H groups in total. The lowest BCUT2D eigenvalue weighted by Gasteiger charge is -2.28. The number of carbonyl (C=O) groups excluding carboxylic acids is 2. The van der Waals surface area contributed by atoms with E-state index >= 15 is 0 Å². The maximum atomic E-state index is 13.3. The van der Waals surface area contributed by atoms with E-state index in [0.29, 0.717) is 16.8 Å². The van der Waals surface area contributed by atoms with Crippen molar-refractivity contribution < 1.29 is 14.4 Å². The monoisotopic (exact) mass is 483 g/mol. The number of hydrogen-bond donors (Lipinski definition) is 0. The number of likely N-dealkylation sites (N-methyl/N-ethyl adjacent to an activating group) is 1. The van der Waals surface area contributed by atoms with Crippen LogP contribution in [-0.4, -0.2) is 46.6 Å². The summed E-state index contributed by atoms with van der Waals surface area (Å²) in [7, 11) is 3.65. The minimum Gasteiger partial charge on any atom is -0.341 e. The molecule has 0 aliphatic heterocycles. The minimum absolute atomic E-state index is 0.0108. The molecule has 0 unspecified atom stereocenters. The van der Waals surface area contributed by atoms with E-state index in [9.17, 15) is 9.59 Å². The largest absolute Gasteiger partial charge is 0.354 e. The molecule has 1 aromatic heterocycles. The van der Waals surface area contributed by atoms with Crippen molar-refractivity contribution in [1.29, 1.82) is 0 Å². The molecule has 0 saturated heterocycles. The van der Waals surface area contributed by atoms with Gasteiger partial charge >= 0.3 is 5.97 Å². The first-order valence-electron chi connectivity index (χ1n) is 12.2. The Morgan fingerprint density at radius 1 is 0.944 bits per heavy atom. The van der Waals surface area contributed by atoms with E-state index in [-0.39, 0.29) is 5.78 Å². The van der Waals surface area contributed by atoms with Gasteiger partial charge in [-0.1, -0.05) is 35.5 Å². The van der Waals surface area contributed by atoms with Crippen molar-refractivity contribution in [2.45, 2.75) is 46.7 Å². The van der Waals surface area contributed by atoms with Crippen molar-refractivity contribution in [2.75, 3.05) is 14.1 Å². The van der Waals surface area contributed by atoms with Gasteiger partial charge in [-0.15, -0.1) is 0 Å². The highest BCUT2D eigenvalue weighted by Gasteiger charge is 2.32. The third-order valence-corrected chi connectivity index (χ3v) is 7.13. The van der Waals surface area contributed by atoms with Crippen molar-refractivity contribution in [3.63, 3.8) is 0 Å². The summed E-state index contributed by atoms with van der Waals surface area (Å²) in [5.74, 6) is -0.411. The number of hydrogen-bond acceptors (Lipinski definition) is 5. The fraction of sp³-hybridized carbons (Fsp3) is 0.300. The molecule has 4 aromatic rings. The third kappa shape index (κ3) is 4.44. The van der Waals surface area contributed by atoms with Gasteiger partial charge in [-0.05, 0) is 90.2 Å². The molecule has 0 radical (unpaired) electrons. The Balaban J connectivity index is 1.77. The molecule has 36 heavy (non-hydrogen) atoms. The summed E-state index contributed by atoms with van der Waals surface area (Å²) in [6, 6.07) is 19.7. The Bertz CT molecular complexity index is 1510. The summed E-state index contributed by atoms with van der Waals surface area (Å²) in [4.78, 5) is 32.9. The number of aromatic nitrogens is 1. The SMILES string of the molecule is CCn1c2ccc(C(=O)c3ccccc3C)cc2c2cc(C(C)=NOC(=O)C(C)(C)N(C)C)ccc21. The van der Waals surface area contributed by atoms with Crippen LogP contribution in [0.4, 0.5) is 0 Å². The quantitative estimate of drug-likeness (QED) is 0.141. The van der Waals surface area contributed by atoms with E-state index < -0.39 is 11.5 Å². The molecule has 0 spiro atoms. The number of nitrogens with zero attached hydrogens (tertiary/aromatic N) is 3. The van der Waals surface area contributed by atoms with Gasteiger partial charge < -0.3 is 9.40 Å². The Kier molecular flexibility index (Phi) is 6.83. The van der Waals surface area contributed by atoms with Crippen LogP contribution in [0.3, 0.4) is 0 Å². The van der Waals surface area contributed by atoms with Gasteiger partial charge in [0.25, 0.3) is 0 Å². The van der Waals surface area contributed by atoms with Crippen molar-refractivity contribution in [1.82, 2.24) is 9.47 Å². The summed E-state index contributed by atoms with van der Waals surface area (Å²) >= 11 is 0. The van der Waals surface area contributed by atoms with Gasteiger partial charge in [-0.2, -0.15) is 0 Å². The number of carbonyl (C=O) groups is 2. The van der Waals surface area contributed by atoms with Gasteiger partial charge in [0.1, 0.15) is 5.54 Å². The van der Waals surface area contributed by atoms with E-state index in [2.05, 4.69) is 28.8 Å². The second-order valence-electron chi connectivity index (χ2n) is 9.86. The highest BCUT2D eigenvalue weighted by molar-refractivity contribution is 6.16. The van der Waals surface area contributed by atoms with Crippen LogP contribution in [0.5, 0.6) is 0 Å². The Morgan fingerprint density at radius 2 is 1.53 bits per heavy atom. The maximum Gasteiger partial charge on any atom is 0.354 e. The summed E-state index contributed by atoms with van der Waals surface area (Å²) in [5, 5.41) is 6.16. The normalized spacial score (nSPS) is 12.5. The Morgan fingerprint density at radius 3 is 2.11 bits per heavy atom. The second-order valence-corrected chi connectivity index (χ2v) is 9.86. The van der Waals surface area contributed by atoms with Gasteiger partial charge in [0, 0.05) is 39.5 Å². The fourth-order valence-corrected chi connectivity index (χ4v) is 4.25. The molecular formula is C30H33N3O3. The fourth-order valence-electron chi connectivity index (χ4n) is 4.25. The molecule has 0 saturated carbocycles. The summed E-state index contributed by atoms with van der Waals surface area (Å²) < 4.78 is 2.24. The van der Waals surface area contributed by atoms with Crippen LogP contribution in [0.25, 0.3) is 21.8 Å². The van der Waals surface area contributed by atoms with E-state index in [1.807, 2.05) is 76.5 Å². The van der Waals surface area contributed by atoms with Crippen molar-refractivity contribution in [2.24, 2.45) is 5.16 Å². The maximum absolute atomic E-state index is 13.3. The molecule has 6 nitrogen and oxygen atoms in total. The Labute approximate surface area is 212 Å². The molecule has 186 valence electrons. The molecule has 1 heterocycles. The van der Waals surface area contributed by atoms with Gasteiger partial charge in [0.15, 0.2) is 5.78 Å². The first-order valence-corrected chi connectivity index (χ1v) is 12.2. The molecule has 0 aliphatic rings. The molecule has 0 bridgehead atoms. The van der Waals surface area contributed by atoms with Crippen molar-refractivity contribution in [3.8, 4) is 0 Å². The molecule has 3 aromatic carbocycles. The number of ketones is 1. The van der Waals surface area contributed by atoms with Crippen LogP contribution in [0.2, 0.25) is 0 Å². The molecule has 6 heteroatoms. The van der Waals surface area contributed by atoms with Crippen LogP contribution in [0, 0.1) is 6.92 Å². The summed E-state index contributed by atoms with van der Waals surface area (Å²) in [6.07, 6.45) is 0. The predicted molar refractivity (Wildman–Crippen MR) is 146 cm³/mol. The second kappa shape index (κ2) is 9.70. The summed E-state index contributed by atoms with van der Waals surface area (Å²) in [5.41, 5.74) is 5.13. The average molecular weight is 484 g/mol. The zero-order chi connectivity index (χ0) is 26.2. The zero-order valence-electron chi connectivity index (χ0n) is 22.0. The van der Waals surface area contributed by atoms with Crippen molar-refractivity contribution >= 4 is 39.3 Å². The van der Waals surface area contributed by atoms with Crippen LogP contribution >= 0.6 is 0 Å². The highest BCUT2D eigenvalue weighted by Crippen LogP contribution is 2.31. The average Bonchev–Trinajstić information content (AvgIpc) is 3.18. The number of rotatable bonds is 7. The first-order chi connectivity index (χ1) is 17.1. The Hall–Kier alpha value is -3.77. The van der Waals surface area contributed by atoms with Gasteiger partial charge in [-0.25, -0.2) is 4.79 Å². The zero-order valence-corrected chi connectivity index (χ0v) is 22.0. The van der Waals surface area contributed by atoms with E-state index in [4.69, 9.17) is 4.84 Å². The molecule has 0 fully saturated rings. The minimum atomic E-state index is -0.789. The lowest BCUT2D eigenvalue weighted by atomic mass is 9.97. The van der Waals surface area contributed by atoms with E-state index in [0.717, 1.165) is 39.5 Å². The summed E-state index contributed by atoms with van der Waals surface area (Å²) in [6.45, 7) is 10.3. The van der Waals surface area contributed by atoms with Crippen LogP contribution in [-0.2, 0) is 16.2 Å². The van der Waals surface area contributed by atoms with Gasteiger partial charge in [-0.3, -0.25) is 9.69 Å². The number of fused-ring (bicyclic) bond motifs is 3. The molecule has 0 amide bonds. The number of oxime groups is 1. The number of aryl methyl sites for hydroxylation is 2. The van der Waals surface area contributed by atoms with E-state index in [1.165, 1.54) is 0 Å². The molecule has 0 atom stereocenters. The van der Waals surface area contributed by atoms with Crippen molar-refractivity contribution in [3.05, 3.63) is 82.9 Å². The van der Waals surface area contributed by atoms with Crippen LogP contribution < -0.4 is 0 Å². The predicted octanol–water partition coefficient (Wildman–Crippen LogP) is 5.96. The molecule has 4 rings (SSSR count). The topological polar surface area (TPSA) is 63.9 Å². The lowest BCUT2D eigenvalue weighted by Crippen LogP contribution is -2.46.